The average Bonchev–Trinajstić information content (AvgIpc) is 2.66. The van der Waals surface area contributed by atoms with Gasteiger partial charge in [0.15, 0.2) is 11.5 Å². The van der Waals surface area contributed by atoms with Crippen LogP contribution in [-0.4, -0.2) is 47.9 Å². The van der Waals surface area contributed by atoms with Gasteiger partial charge in [0.05, 0.1) is 34.0 Å². The lowest BCUT2D eigenvalue weighted by Gasteiger charge is -2.17. The summed E-state index contributed by atoms with van der Waals surface area (Å²) < 4.78 is 61.9. The molecule has 0 saturated heterocycles. The van der Waals surface area contributed by atoms with Crippen molar-refractivity contribution in [2.24, 2.45) is 0 Å². The fourth-order valence-corrected chi connectivity index (χ4v) is 3.54. The number of carbonyl (C=O) groups is 1. The van der Waals surface area contributed by atoms with E-state index in [1.165, 1.54) is 34.5 Å². The van der Waals surface area contributed by atoms with E-state index >= 15 is 0 Å². The SMILES string of the molecule is COc1cc(OC)c(NS(=O)(=O)c2cc(OC)c(OC)cc2F)c(C(=O)O)c1. The summed E-state index contributed by atoms with van der Waals surface area (Å²) in [5.74, 6) is -2.58. The van der Waals surface area contributed by atoms with Crippen molar-refractivity contribution < 1.29 is 41.7 Å². The molecule has 0 heterocycles. The standard InChI is InChI=1S/C17H18FNO8S/c1-24-9-5-10(17(20)21)16(14(6-9)27-4)19-28(22,23)15-8-13(26-3)12(25-2)7-11(15)18/h5-8,19H,1-4H3,(H,20,21). The zero-order chi connectivity index (χ0) is 21.1. The lowest BCUT2D eigenvalue weighted by molar-refractivity contribution is 0.0697. The van der Waals surface area contributed by atoms with Crippen LogP contribution in [0.2, 0.25) is 0 Å². The van der Waals surface area contributed by atoms with Crippen LogP contribution in [0, 0.1) is 5.82 Å². The summed E-state index contributed by atoms with van der Waals surface area (Å²) in [6.07, 6.45) is 0. The molecule has 2 aromatic rings. The monoisotopic (exact) mass is 415 g/mol. The van der Waals surface area contributed by atoms with Crippen molar-refractivity contribution in [3.05, 3.63) is 35.6 Å². The van der Waals surface area contributed by atoms with Crippen LogP contribution in [-0.2, 0) is 10.0 Å². The van der Waals surface area contributed by atoms with Crippen LogP contribution >= 0.6 is 0 Å². The van der Waals surface area contributed by atoms with Gasteiger partial charge in [0.2, 0.25) is 0 Å². The van der Waals surface area contributed by atoms with E-state index in [-0.39, 0.29) is 28.7 Å². The molecule has 0 bridgehead atoms. The molecule has 0 atom stereocenters. The highest BCUT2D eigenvalue weighted by Crippen LogP contribution is 2.37. The van der Waals surface area contributed by atoms with E-state index in [2.05, 4.69) is 4.72 Å². The first-order valence-electron chi connectivity index (χ1n) is 7.62. The van der Waals surface area contributed by atoms with Crippen LogP contribution in [0.1, 0.15) is 10.4 Å². The molecule has 0 radical (unpaired) electrons. The van der Waals surface area contributed by atoms with Crippen LogP contribution < -0.4 is 23.7 Å². The number of rotatable bonds is 8. The maximum atomic E-state index is 14.4. The van der Waals surface area contributed by atoms with Gasteiger partial charge in [-0.05, 0) is 6.07 Å². The fraction of sp³-hybridized carbons (Fsp3) is 0.235. The Balaban J connectivity index is 2.63. The van der Waals surface area contributed by atoms with E-state index < -0.39 is 32.3 Å². The van der Waals surface area contributed by atoms with Gasteiger partial charge in [0, 0.05) is 18.2 Å². The molecular formula is C17H18FNO8S. The highest BCUT2D eigenvalue weighted by Gasteiger charge is 2.27. The largest absolute Gasteiger partial charge is 0.497 e. The number of carboxylic acid groups (broad SMARTS) is 1. The van der Waals surface area contributed by atoms with Gasteiger partial charge in [-0.15, -0.1) is 0 Å². The molecule has 0 spiro atoms. The number of halogens is 1. The highest BCUT2D eigenvalue weighted by molar-refractivity contribution is 7.92. The third-order valence-corrected chi connectivity index (χ3v) is 5.09. The molecular weight excluding hydrogens is 397 g/mol. The summed E-state index contributed by atoms with van der Waals surface area (Å²) >= 11 is 0. The number of nitrogens with one attached hydrogen (secondary N) is 1. The third kappa shape index (κ3) is 4.03. The number of sulfonamides is 1. The first-order valence-corrected chi connectivity index (χ1v) is 9.10. The topological polar surface area (TPSA) is 120 Å². The minimum atomic E-state index is -4.55. The van der Waals surface area contributed by atoms with Crippen LogP contribution in [0.25, 0.3) is 0 Å². The Hall–Kier alpha value is -3.21. The lowest BCUT2D eigenvalue weighted by atomic mass is 10.1. The minimum absolute atomic E-state index is 0.00722. The average molecular weight is 415 g/mol. The molecule has 2 rings (SSSR count). The van der Waals surface area contributed by atoms with Gasteiger partial charge in [0.1, 0.15) is 27.9 Å². The number of ether oxygens (including phenoxy) is 4. The van der Waals surface area contributed by atoms with Crippen molar-refractivity contribution in [3.63, 3.8) is 0 Å². The van der Waals surface area contributed by atoms with E-state index in [4.69, 9.17) is 18.9 Å². The van der Waals surface area contributed by atoms with E-state index in [0.717, 1.165) is 18.2 Å². The molecule has 2 N–H and O–H groups in total. The second-order valence-corrected chi connectivity index (χ2v) is 6.95. The molecule has 2 aromatic carbocycles. The van der Waals surface area contributed by atoms with Gasteiger partial charge in [0.25, 0.3) is 10.0 Å². The normalized spacial score (nSPS) is 10.9. The van der Waals surface area contributed by atoms with Crippen LogP contribution in [0.5, 0.6) is 23.0 Å². The molecule has 28 heavy (non-hydrogen) atoms. The Labute approximate surface area is 160 Å². The van der Waals surface area contributed by atoms with Crippen molar-refractivity contribution in [2.75, 3.05) is 33.2 Å². The molecule has 0 saturated carbocycles. The Morgan fingerprint density at radius 1 is 0.929 bits per heavy atom. The van der Waals surface area contributed by atoms with E-state index in [9.17, 15) is 22.7 Å². The summed E-state index contributed by atoms with van der Waals surface area (Å²) in [6, 6.07) is 4.16. The summed E-state index contributed by atoms with van der Waals surface area (Å²) in [4.78, 5) is 10.8. The smallest absolute Gasteiger partial charge is 0.338 e. The van der Waals surface area contributed by atoms with Crippen molar-refractivity contribution in [3.8, 4) is 23.0 Å². The Morgan fingerprint density at radius 3 is 2.00 bits per heavy atom. The molecule has 0 fully saturated rings. The van der Waals surface area contributed by atoms with Crippen molar-refractivity contribution in [1.82, 2.24) is 0 Å². The molecule has 0 unspecified atom stereocenters. The van der Waals surface area contributed by atoms with Gasteiger partial charge in [-0.3, -0.25) is 4.72 Å². The third-order valence-electron chi connectivity index (χ3n) is 3.73. The first-order chi connectivity index (χ1) is 13.2. The first kappa shape index (κ1) is 21.1. The Bertz CT molecular complexity index is 1010. The molecule has 0 aliphatic heterocycles. The number of methoxy groups -OCH3 is 4. The van der Waals surface area contributed by atoms with Crippen LogP contribution in [0.4, 0.5) is 10.1 Å². The van der Waals surface area contributed by atoms with Gasteiger partial charge >= 0.3 is 5.97 Å². The van der Waals surface area contributed by atoms with E-state index in [0.29, 0.717) is 0 Å². The second-order valence-electron chi connectivity index (χ2n) is 5.30. The maximum Gasteiger partial charge on any atom is 0.338 e. The predicted octanol–water partition coefficient (Wildman–Crippen LogP) is 2.36. The maximum absolute atomic E-state index is 14.4. The van der Waals surface area contributed by atoms with Crippen molar-refractivity contribution in [1.29, 1.82) is 0 Å². The zero-order valence-electron chi connectivity index (χ0n) is 15.4. The Morgan fingerprint density at radius 2 is 1.50 bits per heavy atom. The number of carboxylic acids is 1. The number of aromatic carboxylic acids is 1. The predicted molar refractivity (Wildman–Crippen MR) is 96.8 cm³/mol. The summed E-state index contributed by atoms with van der Waals surface area (Å²) in [7, 11) is 0.499. The minimum Gasteiger partial charge on any atom is -0.497 e. The Kier molecular flexibility index (Phi) is 6.19. The molecule has 0 aliphatic rings. The number of benzene rings is 2. The van der Waals surface area contributed by atoms with Crippen molar-refractivity contribution >= 4 is 21.7 Å². The van der Waals surface area contributed by atoms with Crippen LogP contribution in [0.15, 0.2) is 29.2 Å². The van der Waals surface area contributed by atoms with E-state index in [1.54, 1.807) is 0 Å². The van der Waals surface area contributed by atoms with E-state index in [1.807, 2.05) is 0 Å². The number of anilines is 1. The van der Waals surface area contributed by atoms with Gasteiger partial charge < -0.3 is 24.1 Å². The van der Waals surface area contributed by atoms with Crippen molar-refractivity contribution in [2.45, 2.75) is 4.90 Å². The number of hydrogen-bond acceptors (Lipinski definition) is 7. The summed E-state index contributed by atoms with van der Waals surface area (Å²) in [5, 5.41) is 9.42. The summed E-state index contributed by atoms with van der Waals surface area (Å²) in [5.41, 5.74) is -0.828. The molecule has 9 nitrogen and oxygen atoms in total. The molecule has 152 valence electrons. The highest BCUT2D eigenvalue weighted by atomic mass is 32.2. The molecule has 11 heteroatoms. The van der Waals surface area contributed by atoms with Crippen LogP contribution in [0.3, 0.4) is 0 Å². The molecule has 0 amide bonds. The second kappa shape index (κ2) is 8.21. The van der Waals surface area contributed by atoms with Gasteiger partial charge in [-0.1, -0.05) is 0 Å². The zero-order valence-corrected chi connectivity index (χ0v) is 16.2. The van der Waals surface area contributed by atoms with Gasteiger partial charge in [-0.2, -0.15) is 0 Å². The quantitative estimate of drug-likeness (QED) is 0.674. The lowest BCUT2D eigenvalue weighted by Crippen LogP contribution is -2.18. The fourth-order valence-electron chi connectivity index (χ4n) is 2.37. The molecule has 0 aliphatic carbocycles. The number of hydrogen-bond donors (Lipinski definition) is 2. The molecule has 0 aromatic heterocycles. The van der Waals surface area contributed by atoms with Gasteiger partial charge in [-0.25, -0.2) is 17.6 Å². The summed E-state index contributed by atoms with van der Waals surface area (Å²) in [6.45, 7) is 0.